The van der Waals surface area contributed by atoms with E-state index in [1.54, 1.807) is 6.92 Å². The molecule has 0 bridgehead atoms. The Balaban J connectivity index is 2.03. The van der Waals surface area contributed by atoms with E-state index in [9.17, 15) is 14.4 Å². The summed E-state index contributed by atoms with van der Waals surface area (Å²) in [5.74, 6) is -0.702. The van der Waals surface area contributed by atoms with Crippen LogP contribution in [0.4, 0.5) is 0 Å². The molecule has 0 atom stereocenters. The lowest BCUT2D eigenvalue weighted by Gasteiger charge is -2.09. The number of aromatic amines is 2. The van der Waals surface area contributed by atoms with Crippen molar-refractivity contribution < 1.29 is 4.79 Å². The zero-order chi connectivity index (χ0) is 16.4. The predicted octanol–water partition coefficient (Wildman–Crippen LogP) is 0.619. The van der Waals surface area contributed by atoms with Crippen molar-refractivity contribution in [2.75, 3.05) is 5.43 Å². The summed E-state index contributed by atoms with van der Waals surface area (Å²) in [6.07, 6.45) is 1.11. The number of nitrogens with zero attached hydrogens (tertiary/aromatic N) is 2. The minimum absolute atomic E-state index is 0.0949. The molecule has 8 heteroatoms. The molecule has 23 heavy (non-hydrogen) atoms. The Labute approximate surface area is 129 Å². The Kier molecular flexibility index (Phi) is 3.63. The third kappa shape index (κ3) is 2.82. The van der Waals surface area contributed by atoms with Crippen molar-refractivity contribution in [3.8, 4) is 11.1 Å². The van der Waals surface area contributed by atoms with Crippen molar-refractivity contribution in [3.63, 3.8) is 0 Å². The van der Waals surface area contributed by atoms with Crippen LogP contribution in [0.2, 0.25) is 0 Å². The maximum atomic E-state index is 12.2. The lowest BCUT2D eigenvalue weighted by molar-refractivity contribution is 0.101. The first kappa shape index (κ1) is 14.5. The number of amides is 1. The average Bonchev–Trinajstić information content (AvgIpc) is 2.93. The minimum Gasteiger partial charge on any atom is -0.325 e. The number of aryl methyl sites for hydroxylation is 1. The van der Waals surface area contributed by atoms with E-state index >= 15 is 0 Å². The highest BCUT2D eigenvalue weighted by Crippen LogP contribution is 2.21. The zero-order valence-electron chi connectivity index (χ0n) is 12.2. The Morgan fingerprint density at radius 3 is 2.61 bits per heavy atom. The maximum absolute atomic E-state index is 12.2. The number of carbonyl (C=O) groups is 1. The summed E-state index contributed by atoms with van der Waals surface area (Å²) in [5, 5.41) is 5.64. The highest BCUT2D eigenvalue weighted by Gasteiger charge is 2.15. The molecule has 0 saturated carbocycles. The lowest BCUT2D eigenvalue weighted by atomic mass is 10.0. The molecule has 1 aromatic carbocycles. The van der Waals surface area contributed by atoms with Gasteiger partial charge in [0.1, 0.15) is 11.9 Å². The van der Waals surface area contributed by atoms with Crippen molar-refractivity contribution in [1.29, 1.82) is 0 Å². The molecule has 116 valence electrons. The number of nitrogens with one attached hydrogen (secondary N) is 3. The van der Waals surface area contributed by atoms with Crippen molar-refractivity contribution in [2.45, 2.75) is 6.92 Å². The van der Waals surface area contributed by atoms with Gasteiger partial charge in [-0.15, -0.1) is 0 Å². The Bertz CT molecular complexity index is 969. The van der Waals surface area contributed by atoms with Crippen molar-refractivity contribution in [3.05, 3.63) is 74.8 Å². The molecule has 8 nitrogen and oxygen atoms in total. The zero-order valence-corrected chi connectivity index (χ0v) is 12.2. The molecule has 0 aliphatic rings. The summed E-state index contributed by atoms with van der Waals surface area (Å²) in [7, 11) is 0. The highest BCUT2D eigenvalue weighted by molar-refractivity contribution is 6.00. The molecular weight excluding hydrogens is 298 g/mol. The largest absolute Gasteiger partial charge is 0.362 e. The van der Waals surface area contributed by atoms with E-state index in [1.807, 2.05) is 30.3 Å². The fraction of sp³-hybridized carbons (Fsp3) is 0.0667. The number of aromatic nitrogens is 4. The second-order valence-electron chi connectivity index (χ2n) is 4.89. The molecule has 0 unspecified atom stereocenters. The molecule has 0 aliphatic carbocycles. The van der Waals surface area contributed by atoms with Gasteiger partial charge in [0.15, 0.2) is 0 Å². The van der Waals surface area contributed by atoms with Gasteiger partial charge in [0.25, 0.3) is 11.5 Å². The first-order chi connectivity index (χ1) is 11.1. The molecule has 2 aromatic heterocycles. The van der Waals surface area contributed by atoms with Gasteiger partial charge in [-0.25, -0.2) is 9.89 Å². The summed E-state index contributed by atoms with van der Waals surface area (Å²) in [4.78, 5) is 38.3. The van der Waals surface area contributed by atoms with Crippen LogP contribution in [0.3, 0.4) is 0 Å². The van der Waals surface area contributed by atoms with Crippen LogP contribution >= 0.6 is 0 Å². The number of hydrogen-bond donors (Lipinski definition) is 3. The number of carbonyl (C=O) groups excluding carboxylic acids is 1. The quantitative estimate of drug-likeness (QED) is 0.658. The van der Waals surface area contributed by atoms with Gasteiger partial charge >= 0.3 is 5.69 Å². The van der Waals surface area contributed by atoms with Gasteiger partial charge in [-0.1, -0.05) is 30.3 Å². The smallest absolute Gasteiger partial charge is 0.325 e. The SMILES string of the molecule is Cc1[nH]c(=O)c(C(=O)Nn2cn[nH]c2=O)cc1-c1ccccc1. The molecule has 3 N–H and O–H groups in total. The fourth-order valence-electron chi connectivity index (χ4n) is 2.21. The van der Waals surface area contributed by atoms with Crippen LogP contribution in [-0.4, -0.2) is 25.8 Å². The second-order valence-corrected chi connectivity index (χ2v) is 4.89. The highest BCUT2D eigenvalue weighted by atomic mass is 16.2. The molecule has 3 rings (SSSR count). The van der Waals surface area contributed by atoms with Gasteiger partial charge in [-0.2, -0.15) is 9.77 Å². The average molecular weight is 311 g/mol. The number of benzene rings is 1. The van der Waals surface area contributed by atoms with Gasteiger partial charge in [-0.05, 0) is 18.6 Å². The lowest BCUT2D eigenvalue weighted by Crippen LogP contribution is -2.34. The van der Waals surface area contributed by atoms with Gasteiger partial charge in [0.05, 0.1) is 0 Å². The number of H-pyrrole nitrogens is 2. The van der Waals surface area contributed by atoms with Gasteiger partial charge in [0, 0.05) is 11.3 Å². The third-order valence-corrected chi connectivity index (χ3v) is 3.34. The molecule has 0 fully saturated rings. The van der Waals surface area contributed by atoms with Gasteiger partial charge in [-0.3, -0.25) is 15.0 Å². The minimum atomic E-state index is -0.702. The molecule has 0 aliphatic heterocycles. The first-order valence-electron chi connectivity index (χ1n) is 6.79. The van der Waals surface area contributed by atoms with Crippen molar-refractivity contribution >= 4 is 5.91 Å². The third-order valence-electron chi connectivity index (χ3n) is 3.34. The summed E-state index contributed by atoms with van der Waals surface area (Å²) >= 11 is 0. The Hall–Kier alpha value is -3.42. The maximum Gasteiger partial charge on any atom is 0.362 e. The molecule has 0 radical (unpaired) electrons. The standard InChI is InChI=1S/C15H13N5O3/c1-9-11(10-5-3-2-4-6-10)7-12(13(21)17-9)14(22)19-20-8-16-18-15(20)23/h2-8H,1H3,(H,17,21)(H,18,23)(H,19,22). The van der Waals surface area contributed by atoms with Crippen molar-refractivity contribution in [2.24, 2.45) is 0 Å². The Morgan fingerprint density at radius 2 is 1.96 bits per heavy atom. The molecule has 3 aromatic rings. The fourth-order valence-corrected chi connectivity index (χ4v) is 2.21. The van der Waals surface area contributed by atoms with E-state index in [4.69, 9.17) is 0 Å². The first-order valence-corrected chi connectivity index (χ1v) is 6.79. The molecular formula is C15H13N5O3. The number of hydrogen-bond acceptors (Lipinski definition) is 4. The number of pyridine rings is 1. The molecule has 0 saturated heterocycles. The van der Waals surface area contributed by atoms with Gasteiger partial charge < -0.3 is 4.98 Å². The topological polar surface area (TPSA) is 113 Å². The van der Waals surface area contributed by atoms with Crippen LogP contribution in [0, 0.1) is 6.92 Å². The number of rotatable bonds is 3. The van der Waals surface area contributed by atoms with Crippen LogP contribution in [0.15, 0.2) is 52.3 Å². The van der Waals surface area contributed by atoms with E-state index in [2.05, 4.69) is 20.6 Å². The summed E-state index contributed by atoms with van der Waals surface area (Å²) in [5.41, 5.74) is 3.32. The van der Waals surface area contributed by atoms with E-state index in [0.29, 0.717) is 5.69 Å². The molecule has 2 heterocycles. The summed E-state index contributed by atoms with van der Waals surface area (Å²) in [6, 6.07) is 10.9. The second kappa shape index (κ2) is 5.76. The predicted molar refractivity (Wildman–Crippen MR) is 83.8 cm³/mol. The summed E-state index contributed by atoms with van der Waals surface area (Å²) < 4.78 is 0.865. The van der Waals surface area contributed by atoms with Crippen LogP contribution < -0.4 is 16.7 Å². The normalized spacial score (nSPS) is 10.5. The van der Waals surface area contributed by atoms with Gasteiger partial charge in [0.2, 0.25) is 0 Å². The van der Waals surface area contributed by atoms with Crippen molar-refractivity contribution in [1.82, 2.24) is 19.9 Å². The summed E-state index contributed by atoms with van der Waals surface area (Å²) in [6.45, 7) is 1.76. The Morgan fingerprint density at radius 1 is 1.22 bits per heavy atom. The van der Waals surface area contributed by atoms with Crippen LogP contribution in [0.5, 0.6) is 0 Å². The molecule has 0 spiro atoms. The van der Waals surface area contributed by atoms with E-state index < -0.39 is 17.2 Å². The van der Waals surface area contributed by atoms with Crippen LogP contribution in [0.25, 0.3) is 11.1 Å². The van der Waals surface area contributed by atoms with Crippen LogP contribution in [-0.2, 0) is 0 Å². The monoisotopic (exact) mass is 311 g/mol. The van der Waals surface area contributed by atoms with E-state index in [1.165, 1.54) is 6.07 Å². The molecule has 1 amide bonds. The van der Waals surface area contributed by atoms with Crippen LogP contribution in [0.1, 0.15) is 16.1 Å². The van der Waals surface area contributed by atoms with E-state index in [-0.39, 0.29) is 5.56 Å². The van der Waals surface area contributed by atoms with E-state index in [0.717, 1.165) is 22.1 Å².